The number of hydrogen-bond acceptors (Lipinski definition) is 4. The SMILES string of the molecule is CCC(C)n1cnc(=O)c2cc(C(=O)OC)ccc21. The Bertz CT molecular complexity index is 676. The lowest BCUT2D eigenvalue weighted by Gasteiger charge is -2.16. The normalized spacial score (nSPS) is 12.4. The highest BCUT2D eigenvalue weighted by Crippen LogP contribution is 2.18. The van der Waals surface area contributed by atoms with E-state index in [0.717, 1.165) is 11.9 Å². The molecule has 0 spiro atoms. The van der Waals surface area contributed by atoms with Crippen LogP contribution in [0.25, 0.3) is 10.9 Å². The van der Waals surface area contributed by atoms with Crippen LogP contribution in [0.1, 0.15) is 36.7 Å². The van der Waals surface area contributed by atoms with Crippen molar-refractivity contribution in [3.05, 3.63) is 40.4 Å². The number of esters is 1. The molecule has 0 fully saturated rings. The van der Waals surface area contributed by atoms with Crippen LogP contribution >= 0.6 is 0 Å². The fourth-order valence-corrected chi connectivity index (χ4v) is 1.97. The maximum absolute atomic E-state index is 11.8. The molecule has 0 radical (unpaired) electrons. The summed E-state index contributed by atoms with van der Waals surface area (Å²) in [5, 5.41) is 0.436. The fourth-order valence-electron chi connectivity index (χ4n) is 1.97. The molecule has 0 N–H and O–H groups in total. The molecule has 1 aromatic heterocycles. The van der Waals surface area contributed by atoms with Crippen LogP contribution in [0.3, 0.4) is 0 Å². The Kier molecular flexibility index (Phi) is 3.64. The number of ether oxygens (including phenoxy) is 1. The molecule has 2 aromatic rings. The predicted molar refractivity (Wildman–Crippen MR) is 72.3 cm³/mol. The Morgan fingerprint density at radius 3 is 2.84 bits per heavy atom. The van der Waals surface area contributed by atoms with Crippen molar-refractivity contribution in [3.8, 4) is 0 Å². The lowest BCUT2D eigenvalue weighted by atomic mass is 10.1. The number of aromatic nitrogens is 2. The molecule has 0 aliphatic heterocycles. The van der Waals surface area contributed by atoms with Crippen molar-refractivity contribution in [3.63, 3.8) is 0 Å². The molecule has 5 nitrogen and oxygen atoms in total. The van der Waals surface area contributed by atoms with E-state index >= 15 is 0 Å². The average molecular weight is 260 g/mol. The minimum atomic E-state index is -0.458. The van der Waals surface area contributed by atoms with Crippen molar-refractivity contribution >= 4 is 16.9 Å². The minimum Gasteiger partial charge on any atom is -0.465 e. The smallest absolute Gasteiger partial charge is 0.337 e. The van der Waals surface area contributed by atoms with Crippen LogP contribution in [0.4, 0.5) is 0 Å². The summed E-state index contributed by atoms with van der Waals surface area (Å²) in [7, 11) is 1.31. The van der Waals surface area contributed by atoms with Gasteiger partial charge < -0.3 is 9.30 Å². The fraction of sp³-hybridized carbons (Fsp3) is 0.357. The van der Waals surface area contributed by atoms with Crippen LogP contribution in [0.15, 0.2) is 29.3 Å². The van der Waals surface area contributed by atoms with Crippen LogP contribution in [-0.4, -0.2) is 22.6 Å². The van der Waals surface area contributed by atoms with Gasteiger partial charge in [-0.05, 0) is 31.5 Å². The zero-order chi connectivity index (χ0) is 14.0. The van der Waals surface area contributed by atoms with Gasteiger partial charge in [-0.1, -0.05) is 6.92 Å². The van der Waals surface area contributed by atoms with Crippen LogP contribution in [0.2, 0.25) is 0 Å². The van der Waals surface area contributed by atoms with E-state index in [9.17, 15) is 9.59 Å². The summed E-state index contributed by atoms with van der Waals surface area (Å²) in [5.74, 6) is -0.458. The van der Waals surface area contributed by atoms with Gasteiger partial charge in [-0.2, -0.15) is 4.98 Å². The van der Waals surface area contributed by atoms with Crippen LogP contribution in [0, 0.1) is 0 Å². The van der Waals surface area contributed by atoms with Gasteiger partial charge in [0.15, 0.2) is 0 Å². The molecule has 5 heteroatoms. The predicted octanol–water partition coefficient (Wildman–Crippen LogP) is 2.15. The molecule has 1 atom stereocenters. The van der Waals surface area contributed by atoms with E-state index in [1.54, 1.807) is 18.5 Å². The molecule has 1 aromatic carbocycles. The monoisotopic (exact) mass is 260 g/mol. The summed E-state index contributed by atoms with van der Waals surface area (Å²) in [6.45, 7) is 4.12. The van der Waals surface area contributed by atoms with Gasteiger partial charge in [-0.3, -0.25) is 4.79 Å². The van der Waals surface area contributed by atoms with Crippen molar-refractivity contribution in [2.24, 2.45) is 0 Å². The van der Waals surface area contributed by atoms with Gasteiger partial charge in [0.2, 0.25) is 0 Å². The van der Waals surface area contributed by atoms with Crippen molar-refractivity contribution in [2.45, 2.75) is 26.3 Å². The van der Waals surface area contributed by atoms with Gasteiger partial charge in [-0.15, -0.1) is 0 Å². The molecular weight excluding hydrogens is 244 g/mol. The summed E-state index contributed by atoms with van der Waals surface area (Å²) < 4.78 is 6.60. The van der Waals surface area contributed by atoms with E-state index in [1.807, 2.05) is 4.57 Å². The molecule has 1 unspecified atom stereocenters. The second-order valence-electron chi connectivity index (χ2n) is 4.44. The average Bonchev–Trinajstić information content (AvgIpc) is 2.45. The van der Waals surface area contributed by atoms with E-state index in [2.05, 4.69) is 23.6 Å². The maximum Gasteiger partial charge on any atom is 0.337 e. The Morgan fingerprint density at radius 2 is 2.21 bits per heavy atom. The molecule has 0 amide bonds. The number of hydrogen-bond donors (Lipinski definition) is 0. The molecule has 19 heavy (non-hydrogen) atoms. The zero-order valence-electron chi connectivity index (χ0n) is 11.2. The first-order chi connectivity index (χ1) is 9.08. The second-order valence-corrected chi connectivity index (χ2v) is 4.44. The van der Waals surface area contributed by atoms with Gasteiger partial charge in [0.1, 0.15) is 0 Å². The van der Waals surface area contributed by atoms with E-state index in [-0.39, 0.29) is 11.6 Å². The quantitative estimate of drug-likeness (QED) is 0.793. The number of rotatable bonds is 3. The molecular formula is C14H16N2O3. The molecule has 100 valence electrons. The largest absolute Gasteiger partial charge is 0.465 e. The Labute approximate surface area is 110 Å². The van der Waals surface area contributed by atoms with Crippen LogP contribution in [0.5, 0.6) is 0 Å². The number of nitrogens with zero attached hydrogens (tertiary/aromatic N) is 2. The summed E-state index contributed by atoms with van der Waals surface area (Å²) in [6.07, 6.45) is 2.48. The number of methoxy groups -OCH3 is 1. The highest BCUT2D eigenvalue weighted by molar-refractivity contribution is 5.94. The summed E-state index contributed by atoms with van der Waals surface area (Å²) in [4.78, 5) is 27.2. The number of carbonyl (C=O) groups is 1. The third-order valence-corrected chi connectivity index (χ3v) is 3.29. The summed E-state index contributed by atoms with van der Waals surface area (Å²) in [6, 6.07) is 5.19. The molecule has 2 rings (SSSR count). The highest BCUT2D eigenvalue weighted by Gasteiger charge is 2.12. The van der Waals surface area contributed by atoms with E-state index in [0.29, 0.717) is 10.9 Å². The molecule has 0 aliphatic rings. The van der Waals surface area contributed by atoms with Gasteiger partial charge >= 0.3 is 5.97 Å². The standard InChI is InChI=1S/C14H16N2O3/c1-4-9(2)16-8-15-13(17)11-7-10(14(18)19-3)5-6-12(11)16/h5-9H,4H2,1-3H3. The molecule has 0 bridgehead atoms. The van der Waals surface area contributed by atoms with E-state index in [1.165, 1.54) is 13.2 Å². The van der Waals surface area contributed by atoms with Crippen molar-refractivity contribution in [2.75, 3.05) is 7.11 Å². The summed E-state index contributed by atoms with van der Waals surface area (Å²) >= 11 is 0. The summed E-state index contributed by atoms with van der Waals surface area (Å²) in [5.41, 5.74) is 0.804. The van der Waals surface area contributed by atoms with E-state index in [4.69, 9.17) is 0 Å². The van der Waals surface area contributed by atoms with E-state index < -0.39 is 5.97 Å². The first-order valence-corrected chi connectivity index (χ1v) is 6.17. The van der Waals surface area contributed by atoms with Crippen molar-refractivity contribution in [1.82, 2.24) is 9.55 Å². The molecule has 0 aliphatic carbocycles. The molecule has 0 saturated heterocycles. The first-order valence-electron chi connectivity index (χ1n) is 6.17. The van der Waals surface area contributed by atoms with Gasteiger partial charge in [-0.25, -0.2) is 4.79 Å². The third kappa shape index (κ3) is 2.36. The number of fused-ring (bicyclic) bond motifs is 1. The van der Waals surface area contributed by atoms with Gasteiger partial charge in [0.05, 0.1) is 29.9 Å². The second kappa shape index (κ2) is 5.22. The topological polar surface area (TPSA) is 61.2 Å². The zero-order valence-corrected chi connectivity index (χ0v) is 11.2. The molecule has 1 heterocycles. The van der Waals surface area contributed by atoms with Crippen molar-refractivity contribution < 1.29 is 9.53 Å². The molecule has 0 saturated carbocycles. The lowest BCUT2D eigenvalue weighted by molar-refractivity contribution is 0.0601. The van der Waals surface area contributed by atoms with Crippen LogP contribution < -0.4 is 5.56 Å². The van der Waals surface area contributed by atoms with Gasteiger partial charge in [0.25, 0.3) is 5.56 Å². The van der Waals surface area contributed by atoms with Gasteiger partial charge in [0, 0.05) is 6.04 Å². The number of benzene rings is 1. The third-order valence-electron chi connectivity index (χ3n) is 3.29. The Hall–Kier alpha value is -2.17. The maximum atomic E-state index is 11.8. The highest BCUT2D eigenvalue weighted by atomic mass is 16.5. The number of carbonyl (C=O) groups excluding carboxylic acids is 1. The Balaban J connectivity index is 2.70. The minimum absolute atomic E-state index is 0.236. The first kappa shape index (κ1) is 13.3. The Morgan fingerprint density at radius 1 is 1.47 bits per heavy atom. The van der Waals surface area contributed by atoms with Crippen molar-refractivity contribution in [1.29, 1.82) is 0 Å². The lowest BCUT2D eigenvalue weighted by Crippen LogP contribution is -2.15. The van der Waals surface area contributed by atoms with Crippen LogP contribution in [-0.2, 0) is 4.74 Å².